The first-order valence-electron chi connectivity index (χ1n) is 6.43. The summed E-state index contributed by atoms with van der Waals surface area (Å²) in [5.74, 6) is 1.65. The first kappa shape index (κ1) is 16.5. The number of terminal acetylenes is 1. The van der Waals surface area contributed by atoms with Gasteiger partial charge in [0.1, 0.15) is 12.6 Å². The smallest absolute Gasteiger partial charge is 0.245 e. The summed E-state index contributed by atoms with van der Waals surface area (Å²) in [6, 6.07) is 6.37. The zero-order valence-electron chi connectivity index (χ0n) is 11.9. The summed E-state index contributed by atoms with van der Waals surface area (Å²) in [4.78, 5) is 23.1. The van der Waals surface area contributed by atoms with Crippen molar-refractivity contribution in [1.29, 1.82) is 0 Å². The largest absolute Gasteiger partial charge is 0.399 e. The van der Waals surface area contributed by atoms with Crippen molar-refractivity contribution in [2.24, 2.45) is 0 Å². The third-order valence-electron chi connectivity index (χ3n) is 2.61. The summed E-state index contributed by atoms with van der Waals surface area (Å²) in [7, 11) is 0. The molecule has 6 heteroatoms. The predicted molar refractivity (Wildman–Crippen MR) is 80.0 cm³/mol. The molecular formula is C15H19N3O3. The molecule has 6 nitrogen and oxygen atoms in total. The minimum absolute atomic E-state index is 0.0251. The summed E-state index contributed by atoms with van der Waals surface area (Å²) in [6.45, 7) is 1.78. The lowest BCUT2D eigenvalue weighted by Gasteiger charge is -2.17. The highest BCUT2D eigenvalue weighted by Gasteiger charge is 2.19. The van der Waals surface area contributed by atoms with E-state index in [4.69, 9.17) is 16.9 Å². The van der Waals surface area contributed by atoms with Gasteiger partial charge in [-0.2, -0.15) is 0 Å². The maximum absolute atomic E-state index is 12.0. The zero-order chi connectivity index (χ0) is 15.7. The fourth-order valence-electron chi connectivity index (χ4n) is 1.61. The van der Waals surface area contributed by atoms with E-state index in [-0.39, 0.29) is 25.0 Å². The molecule has 0 saturated heterocycles. The van der Waals surface area contributed by atoms with Gasteiger partial charge in [0.15, 0.2) is 0 Å². The van der Waals surface area contributed by atoms with Crippen molar-refractivity contribution in [2.45, 2.75) is 19.5 Å². The van der Waals surface area contributed by atoms with Crippen LogP contribution in [-0.4, -0.2) is 31.1 Å². The van der Waals surface area contributed by atoms with E-state index < -0.39 is 6.04 Å². The van der Waals surface area contributed by atoms with Gasteiger partial charge in [0.05, 0.1) is 6.61 Å². The fourth-order valence-corrected chi connectivity index (χ4v) is 1.61. The minimum Gasteiger partial charge on any atom is -0.399 e. The Kier molecular flexibility index (Phi) is 6.78. The topological polar surface area (TPSA) is 93.4 Å². The molecule has 0 radical (unpaired) electrons. The molecule has 1 aromatic rings. The molecule has 0 aliphatic heterocycles. The molecule has 0 bridgehead atoms. The molecule has 1 atom stereocenters. The van der Waals surface area contributed by atoms with Gasteiger partial charge in [-0.05, 0) is 17.7 Å². The third kappa shape index (κ3) is 6.45. The second-order valence-corrected chi connectivity index (χ2v) is 4.43. The number of benzene rings is 1. The first-order chi connectivity index (χ1) is 10.0. The van der Waals surface area contributed by atoms with Crippen molar-refractivity contribution in [2.75, 3.05) is 18.9 Å². The normalized spacial score (nSPS) is 11.2. The minimum atomic E-state index is -0.773. The van der Waals surface area contributed by atoms with E-state index in [9.17, 15) is 9.59 Å². The number of carbonyl (C=O) groups excluding carboxylic acids is 2. The first-order valence-corrected chi connectivity index (χ1v) is 6.43. The van der Waals surface area contributed by atoms with Crippen LogP contribution in [0.2, 0.25) is 0 Å². The molecule has 112 valence electrons. The Morgan fingerprint density at radius 1 is 1.38 bits per heavy atom. The van der Waals surface area contributed by atoms with Crippen LogP contribution in [0, 0.1) is 12.3 Å². The van der Waals surface area contributed by atoms with Gasteiger partial charge in [-0.1, -0.05) is 18.1 Å². The molecule has 0 aliphatic carbocycles. The Hall–Kier alpha value is -2.52. The molecule has 0 heterocycles. The number of nitrogens with two attached hydrogens (primary N) is 1. The van der Waals surface area contributed by atoms with E-state index in [2.05, 4.69) is 16.6 Å². The van der Waals surface area contributed by atoms with Crippen molar-refractivity contribution in [1.82, 2.24) is 10.6 Å². The fraction of sp³-hybridized carbons (Fsp3) is 0.333. The molecule has 1 rings (SSSR count). The van der Waals surface area contributed by atoms with Crippen LogP contribution in [0.3, 0.4) is 0 Å². The Bertz CT molecular complexity index is 520. The molecule has 0 unspecified atom stereocenters. The SMILES string of the molecule is C#CCOC[C@@H](NC(C)=O)C(=O)NCc1ccc(N)cc1. The van der Waals surface area contributed by atoms with Gasteiger partial charge < -0.3 is 21.1 Å². The lowest BCUT2D eigenvalue weighted by atomic mass is 10.2. The molecule has 0 saturated carbocycles. The van der Waals surface area contributed by atoms with Crippen molar-refractivity contribution in [3.63, 3.8) is 0 Å². The van der Waals surface area contributed by atoms with Crippen LogP contribution in [0.4, 0.5) is 5.69 Å². The molecule has 4 N–H and O–H groups in total. The maximum atomic E-state index is 12.0. The zero-order valence-corrected chi connectivity index (χ0v) is 11.9. The van der Waals surface area contributed by atoms with Gasteiger partial charge in [0.2, 0.25) is 11.8 Å². The highest BCUT2D eigenvalue weighted by Crippen LogP contribution is 2.04. The van der Waals surface area contributed by atoms with Crippen molar-refractivity contribution < 1.29 is 14.3 Å². The molecule has 1 aromatic carbocycles. The van der Waals surface area contributed by atoms with Gasteiger partial charge in [-0.15, -0.1) is 6.42 Å². The van der Waals surface area contributed by atoms with Crippen LogP contribution >= 0.6 is 0 Å². The number of anilines is 1. The molecule has 21 heavy (non-hydrogen) atoms. The monoisotopic (exact) mass is 289 g/mol. The number of hydrogen-bond donors (Lipinski definition) is 3. The van der Waals surface area contributed by atoms with Gasteiger partial charge >= 0.3 is 0 Å². The van der Waals surface area contributed by atoms with E-state index in [0.29, 0.717) is 12.2 Å². The van der Waals surface area contributed by atoms with Gasteiger partial charge in [-0.3, -0.25) is 9.59 Å². The number of amides is 2. The Morgan fingerprint density at radius 2 is 2.05 bits per heavy atom. The van der Waals surface area contributed by atoms with Crippen LogP contribution in [0.25, 0.3) is 0 Å². The summed E-state index contributed by atoms with van der Waals surface area (Å²) >= 11 is 0. The second-order valence-electron chi connectivity index (χ2n) is 4.43. The van der Waals surface area contributed by atoms with Gasteiger partial charge in [0.25, 0.3) is 0 Å². The van der Waals surface area contributed by atoms with Crippen LogP contribution in [0.5, 0.6) is 0 Å². The number of nitrogens with one attached hydrogen (secondary N) is 2. The highest BCUT2D eigenvalue weighted by atomic mass is 16.5. The molecular weight excluding hydrogens is 270 g/mol. The van der Waals surface area contributed by atoms with E-state index in [1.807, 2.05) is 12.1 Å². The summed E-state index contributed by atoms with van der Waals surface area (Å²) in [5.41, 5.74) is 7.15. The van der Waals surface area contributed by atoms with Crippen LogP contribution in [0.15, 0.2) is 24.3 Å². The van der Waals surface area contributed by atoms with E-state index in [1.54, 1.807) is 12.1 Å². The number of ether oxygens (including phenoxy) is 1. The van der Waals surface area contributed by atoms with E-state index in [0.717, 1.165) is 5.56 Å². The molecule has 0 spiro atoms. The average molecular weight is 289 g/mol. The average Bonchev–Trinajstić information content (AvgIpc) is 2.45. The Labute approximate surface area is 124 Å². The lowest BCUT2D eigenvalue weighted by Crippen LogP contribution is -2.48. The summed E-state index contributed by atoms with van der Waals surface area (Å²) in [5, 5.41) is 5.24. The second kappa shape index (κ2) is 8.61. The molecule has 0 aliphatic rings. The van der Waals surface area contributed by atoms with Crippen molar-refractivity contribution in [3.8, 4) is 12.3 Å². The predicted octanol–water partition coefficient (Wildman–Crippen LogP) is 0.0395. The third-order valence-corrected chi connectivity index (χ3v) is 2.61. The van der Waals surface area contributed by atoms with Crippen LogP contribution < -0.4 is 16.4 Å². The van der Waals surface area contributed by atoms with Crippen molar-refractivity contribution in [3.05, 3.63) is 29.8 Å². The maximum Gasteiger partial charge on any atom is 0.245 e. The van der Waals surface area contributed by atoms with Gasteiger partial charge in [-0.25, -0.2) is 0 Å². The van der Waals surface area contributed by atoms with E-state index in [1.165, 1.54) is 6.92 Å². The molecule has 0 aromatic heterocycles. The van der Waals surface area contributed by atoms with Crippen LogP contribution in [-0.2, 0) is 20.9 Å². The standard InChI is InChI=1S/C15H19N3O3/c1-3-8-21-10-14(18-11(2)19)15(20)17-9-12-4-6-13(16)7-5-12/h1,4-7,14H,8-10,16H2,2H3,(H,17,20)(H,18,19)/t14-/m1/s1. The van der Waals surface area contributed by atoms with Crippen molar-refractivity contribution >= 4 is 17.5 Å². The quantitative estimate of drug-likeness (QED) is 0.375. The molecule has 0 fully saturated rings. The Morgan fingerprint density at radius 3 is 2.62 bits per heavy atom. The number of hydrogen-bond acceptors (Lipinski definition) is 4. The summed E-state index contributed by atoms with van der Waals surface area (Å²) in [6.07, 6.45) is 5.07. The van der Waals surface area contributed by atoms with Gasteiger partial charge in [0, 0.05) is 19.2 Å². The summed E-state index contributed by atoms with van der Waals surface area (Å²) < 4.78 is 5.11. The highest BCUT2D eigenvalue weighted by molar-refractivity contribution is 5.86. The van der Waals surface area contributed by atoms with E-state index >= 15 is 0 Å². The molecule has 2 amide bonds. The lowest BCUT2D eigenvalue weighted by molar-refractivity contribution is -0.129. The number of nitrogen functional groups attached to an aromatic ring is 1. The number of carbonyl (C=O) groups is 2. The Balaban J connectivity index is 2.52. The number of rotatable bonds is 7. The van der Waals surface area contributed by atoms with Crippen LogP contribution in [0.1, 0.15) is 12.5 Å².